The summed E-state index contributed by atoms with van der Waals surface area (Å²) in [6.07, 6.45) is 9.49. The molecule has 1 aliphatic heterocycles. The highest BCUT2D eigenvalue weighted by molar-refractivity contribution is 5.10. The highest BCUT2D eigenvalue weighted by Gasteiger charge is 2.50. The van der Waals surface area contributed by atoms with Gasteiger partial charge in [0.1, 0.15) is 0 Å². The van der Waals surface area contributed by atoms with E-state index in [0.29, 0.717) is 11.8 Å². The van der Waals surface area contributed by atoms with E-state index < -0.39 is 0 Å². The molecule has 0 radical (unpaired) electrons. The Morgan fingerprint density at radius 3 is 2.24 bits per heavy atom. The Kier molecular flexibility index (Phi) is 2.89. The lowest BCUT2D eigenvalue weighted by Gasteiger charge is -2.53. The van der Waals surface area contributed by atoms with Crippen molar-refractivity contribution in [1.29, 1.82) is 0 Å². The maximum absolute atomic E-state index is 5.76. The van der Waals surface area contributed by atoms with Crippen molar-refractivity contribution in [2.24, 2.45) is 23.7 Å². The first kappa shape index (κ1) is 12.6. The Morgan fingerprint density at radius 2 is 1.57 bits per heavy atom. The van der Waals surface area contributed by atoms with E-state index in [-0.39, 0.29) is 0 Å². The van der Waals surface area contributed by atoms with Gasteiger partial charge in [-0.1, -0.05) is 5.16 Å². The van der Waals surface area contributed by atoms with Gasteiger partial charge in [-0.15, -0.1) is 0 Å². The van der Waals surface area contributed by atoms with E-state index >= 15 is 0 Å². The second kappa shape index (κ2) is 4.80. The molecule has 2 heterocycles. The third-order valence-corrected chi connectivity index (χ3v) is 6.67. The molecular formula is C17H25N3O. The minimum absolute atomic E-state index is 0.514. The molecule has 1 aromatic rings. The number of aromatic nitrogens is 2. The van der Waals surface area contributed by atoms with Crippen LogP contribution >= 0.6 is 0 Å². The van der Waals surface area contributed by atoms with Gasteiger partial charge in [-0.05, 0) is 81.7 Å². The van der Waals surface area contributed by atoms with E-state index in [1.807, 2.05) is 0 Å². The van der Waals surface area contributed by atoms with Gasteiger partial charge in [-0.3, -0.25) is 0 Å². The van der Waals surface area contributed by atoms with Gasteiger partial charge in [-0.25, -0.2) is 0 Å². The molecule has 5 fully saturated rings. The van der Waals surface area contributed by atoms with Crippen molar-refractivity contribution in [2.45, 2.75) is 56.8 Å². The fraction of sp³-hybridized carbons (Fsp3) is 0.882. The Balaban J connectivity index is 1.39. The van der Waals surface area contributed by atoms with Gasteiger partial charge in [0.25, 0.3) is 0 Å². The molecule has 114 valence electrons. The van der Waals surface area contributed by atoms with Crippen LogP contribution in [-0.2, 0) is 0 Å². The Bertz CT molecular complexity index is 492. The van der Waals surface area contributed by atoms with Gasteiger partial charge in [0.05, 0.1) is 0 Å². The largest absolute Gasteiger partial charge is 0.339 e. The Hall–Kier alpha value is -0.900. The molecule has 6 rings (SSSR count). The van der Waals surface area contributed by atoms with Crippen LogP contribution in [0.5, 0.6) is 0 Å². The summed E-state index contributed by atoms with van der Waals surface area (Å²) in [5.74, 6) is 6.76. The first-order valence-corrected chi connectivity index (χ1v) is 8.91. The normalized spacial score (nSPS) is 42.6. The standard InChI is InChI=1S/C17H25N3O/c1-3-18-4-2-12(1)16-19-17(21-20-16)15-13-6-10-5-11(8-13)9-14(15)7-10/h10-15,18H,1-9H2. The fourth-order valence-corrected chi connectivity index (χ4v) is 5.96. The number of nitrogens with one attached hydrogen (secondary N) is 1. The number of rotatable bonds is 2. The molecule has 4 bridgehead atoms. The molecule has 21 heavy (non-hydrogen) atoms. The number of hydrogen-bond acceptors (Lipinski definition) is 4. The first-order chi connectivity index (χ1) is 10.4. The minimum atomic E-state index is 0.514. The molecule has 0 unspecified atom stereocenters. The quantitative estimate of drug-likeness (QED) is 0.908. The fourth-order valence-electron chi connectivity index (χ4n) is 5.96. The second-order valence-corrected chi connectivity index (χ2v) is 7.97. The van der Waals surface area contributed by atoms with Gasteiger partial charge in [0.15, 0.2) is 5.82 Å². The van der Waals surface area contributed by atoms with Crippen LogP contribution < -0.4 is 5.32 Å². The van der Waals surface area contributed by atoms with Crippen molar-refractivity contribution >= 4 is 0 Å². The van der Waals surface area contributed by atoms with E-state index in [1.54, 1.807) is 0 Å². The lowest BCUT2D eigenvalue weighted by molar-refractivity contribution is -0.0131. The van der Waals surface area contributed by atoms with Crippen molar-refractivity contribution in [2.75, 3.05) is 13.1 Å². The van der Waals surface area contributed by atoms with Gasteiger partial charge in [-0.2, -0.15) is 4.98 Å². The molecule has 0 aromatic carbocycles. The number of piperidine rings is 1. The number of hydrogen-bond donors (Lipinski definition) is 1. The molecule has 1 aromatic heterocycles. The SMILES string of the molecule is C1CC(c2noc(C3C4CC5CC(C4)CC3C5)n2)CCN1. The average Bonchev–Trinajstić information content (AvgIpc) is 2.97. The van der Waals surface area contributed by atoms with Crippen molar-refractivity contribution in [3.05, 3.63) is 11.7 Å². The third-order valence-electron chi connectivity index (χ3n) is 6.67. The highest BCUT2D eigenvalue weighted by atomic mass is 16.5. The zero-order chi connectivity index (χ0) is 13.8. The summed E-state index contributed by atoms with van der Waals surface area (Å²) in [5, 5.41) is 7.77. The predicted molar refractivity (Wildman–Crippen MR) is 78.9 cm³/mol. The summed E-state index contributed by atoms with van der Waals surface area (Å²) < 4.78 is 5.76. The van der Waals surface area contributed by atoms with Gasteiger partial charge < -0.3 is 9.84 Å². The zero-order valence-corrected chi connectivity index (χ0v) is 12.6. The van der Waals surface area contributed by atoms with E-state index in [0.717, 1.165) is 61.3 Å². The lowest BCUT2D eigenvalue weighted by Crippen LogP contribution is -2.43. The summed E-state index contributed by atoms with van der Waals surface area (Å²) in [6, 6.07) is 0. The van der Waals surface area contributed by atoms with Gasteiger partial charge in [0.2, 0.25) is 5.89 Å². The van der Waals surface area contributed by atoms with E-state index in [9.17, 15) is 0 Å². The van der Waals surface area contributed by atoms with Crippen molar-refractivity contribution in [3.8, 4) is 0 Å². The second-order valence-electron chi connectivity index (χ2n) is 7.97. The molecule has 1 N–H and O–H groups in total. The molecule has 4 heteroatoms. The van der Waals surface area contributed by atoms with E-state index in [4.69, 9.17) is 9.51 Å². The molecule has 4 nitrogen and oxygen atoms in total. The molecule has 0 spiro atoms. The van der Waals surface area contributed by atoms with Crippen LogP contribution in [-0.4, -0.2) is 23.2 Å². The average molecular weight is 287 g/mol. The van der Waals surface area contributed by atoms with Crippen LogP contribution in [0.15, 0.2) is 4.52 Å². The molecule has 1 saturated heterocycles. The van der Waals surface area contributed by atoms with Gasteiger partial charge in [0, 0.05) is 11.8 Å². The minimum Gasteiger partial charge on any atom is -0.339 e. The third kappa shape index (κ3) is 2.06. The Morgan fingerprint density at radius 1 is 0.905 bits per heavy atom. The van der Waals surface area contributed by atoms with Crippen molar-refractivity contribution in [3.63, 3.8) is 0 Å². The van der Waals surface area contributed by atoms with Crippen LogP contribution in [0.25, 0.3) is 0 Å². The van der Waals surface area contributed by atoms with Crippen LogP contribution in [0.4, 0.5) is 0 Å². The van der Waals surface area contributed by atoms with Crippen molar-refractivity contribution < 1.29 is 4.52 Å². The Labute approximate surface area is 126 Å². The van der Waals surface area contributed by atoms with E-state index in [2.05, 4.69) is 10.5 Å². The molecule has 0 amide bonds. The highest BCUT2D eigenvalue weighted by Crippen LogP contribution is 2.59. The van der Waals surface area contributed by atoms with Crippen LogP contribution in [0, 0.1) is 23.7 Å². The summed E-state index contributed by atoms with van der Waals surface area (Å²) >= 11 is 0. The van der Waals surface area contributed by atoms with Crippen LogP contribution in [0.2, 0.25) is 0 Å². The van der Waals surface area contributed by atoms with Crippen LogP contribution in [0.1, 0.15) is 68.5 Å². The summed E-state index contributed by atoms with van der Waals surface area (Å²) in [7, 11) is 0. The summed E-state index contributed by atoms with van der Waals surface area (Å²) in [6.45, 7) is 2.18. The smallest absolute Gasteiger partial charge is 0.230 e. The molecule has 5 aliphatic rings. The molecular weight excluding hydrogens is 262 g/mol. The molecule has 4 saturated carbocycles. The maximum atomic E-state index is 5.76. The summed E-state index contributed by atoms with van der Waals surface area (Å²) in [4.78, 5) is 4.87. The monoisotopic (exact) mass is 287 g/mol. The number of nitrogens with zero attached hydrogens (tertiary/aromatic N) is 2. The first-order valence-electron chi connectivity index (χ1n) is 8.91. The maximum Gasteiger partial charge on any atom is 0.230 e. The summed E-state index contributed by atoms with van der Waals surface area (Å²) in [5.41, 5.74) is 0. The lowest BCUT2D eigenvalue weighted by atomic mass is 9.52. The zero-order valence-electron chi connectivity index (χ0n) is 12.6. The van der Waals surface area contributed by atoms with Crippen molar-refractivity contribution in [1.82, 2.24) is 15.5 Å². The topological polar surface area (TPSA) is 51.0 Å². The van der Waals surface area contributed by atoms with Gasteiger partial charge >= 0.3 is 0 Å². The van der Waals surface area contributed by atoms with Crippen LogP contribution in [0.3, 0.4) is 0 Å². The van der Waals surface area contributed by atoms with E-state index in [1.165, 1.54) is 32.1 Å². The molecule has 0 atom stereocenters. The predicted octanol–water partition coefficient (Wildman–Crippen LogP) is 3.08. The molecule has 4 aliphatic carbocycles.